The third-order valence-corrected chi connectivity index (χ3v) is 6.25. The van der Waals surface area contributed by atoms with Crippen LogP contribution in [-0.4, -0.2) is 61.5 Å². The van der Waals surface area contributed by atoms with Crippen LogP contribution in [-0.2, 0) is 4.74 Å². The summed E-state index contributed by atoms with van der Waals surface area (Å²) in [5, 5.41) is 3.53. The Morgan fingerprint density at radius 2 is 2.12 bits per heavy atom. The summed E-state index contributed by atoms with van der Waals surface area (Å²) in [5.41, 5.74) is 3.75. The van der Waals surface area contributed by atoms with E-state index in [0.29, 0.717) is 30.2 Å². The molecule has 0 saturated carbocycles. The number of rotatable bonds is 6. The minimum Gasteiger partial charge on any atom is -0.481 e. The maximum atomic E-state index is 13.9. The van der Waals surface area contributed by atoms with Crippen molar-refractivity contribution < 1.29 is 18.7 Å². The van der Waals surface area contributed by atoms with E-state index in [-0.39, 0.29) is 18.0 Å². The quantitative estimate of drug-likeness (QED) is 0.616. The standard InChI is InChI=1S/C24H26FN5O3/c1-15-3-4-17(11-19(15)25)30-14-18(33-24(30)31)12-27-16-8-10-29(13-16)21-7-9-26-20-5-6-22(32-2)28-23(20)21/h3-7,9,11,16,18,27H,8,10,12-14H2,1-2H3. The van der Waals surface area contributed by atoms with Crippen LogP contribution in [0.2, 0.25) is 0 Å². The van der Waals surface area contributed by atoms with Crippen LogP contribution in [0.1, 0.15) is 12.0 Å². The van der Waals surface area contributed by atoms with E-state index in [1.54, 1.807) is 32.4 Å². The van der Waals surface area contributed by atoms with Crippen LogP contribution in [0, 0.1) is 12.7 Å². The minimum absolute atomic E-state index is 0.253. The van der Waals surface area contributed by atoms with E-state index in [4.69, 9.17) is 9.47 Å². The summed E-state index contributed by atoms with van der Waals surface area (Å²) in [7, 11) is 1.60. The average molecular weight is 452 g/mol. The number of anilines is 2. The lowest BCUT2D eigenvalue weighted by molar-refractivity contribution is 0.138. The highest BCUT2D eigenvalue weighted by molar-refractivity contribution is 5.90. The fraction of sp³-hybridized carbons (Fsp3) is 0.375. The van der Waals surface area contributed by atoms with Crippen LogP contribution >= 0.6 is 0 Å². The van der Waals surface area contributed by atoms with Gasteiger partial charge in [0.05, 0.1) is 30.5 Å². The first-order valence-electron chi connectivity index (χ1n) is 11.0. The number of amides is 1. The SMILES string of the molecule is COc1ccc2nccc(N3CCC(NCC4CN(c5ccc(C)c(F)c5)C(=O)O4)C3)c2n1. The number of carbonyl (C=O) groups excluding carboxylic acids is 1. The molecule has 3 aromatic rings. The minimum atomic E-state index is -0.443. The summed E-state index contributed by atoms with van der Waals surface area (Å²) in [6, 6.07) is 10.7. The Bertz CT molecular complexity index is 1190. The molecule has 1 amide bonds. The first-order valence-corrected chi connectivity index (χ1v) is 11.0. The van der Waals surface area contributed by atoms with Crippen molar-refractivity contribution in [2.75, 3.05) is 43.1 Å². The van der Waals surface area contributed by atoms with E-state index in [9.17, 15) is 9.18 Å². The Kier molecular flexibility index (Phi) is 5.72. The molecule has 0 radical (unpaired) electrons. The number of nitrogens with zero attached hydrogens (tertiary/aromatic N) is 4. The van der Waals surface area contributed by atoms with Crippen molar-refractivity contribution in [1.82, 2.24) is 15.3 Å². The lowest BCUT2D eigenvalue weighted by Gasteiger charge is -2.21. The molecule has 8 nitrogen and oxygen atoms in total. The van der Waals surface area contributed by atoms with Crippen LogP contribution in [0.25, 0.3) is 11.0 Å². The molecule has 2 fully saturated rings. The predicted molar refractivity (Wildman–Crippen MR) is 123 cm³/mol. The van der Waals surface area contributed by atoms with Crippen molar-refractivity contribution in [3.05, 3.63) is 54.0 Å². The third kappa shape index (κ3) is 4.28. The number of hydrogen-bond acceptors (Lipinski definition) is 7. The number of ether oxygens (including phenoxy) is 2. The first-order chi connectivity index (χ1) is 16.0. The van der Waals surface area contributed by atoms with E-state index in [1.807, 2.05) is 18.2 Å². The molecule has 172 valence electrons. The molecule has 2 aromatic heterocycles. The van der Waals surface area contributed by atoms with Gasteiger partial charge in [-0.05, 0) is 43.2 Å². The zero-order chi connectivity index (χ0) is 22.9. The number of cyclic esters (lactones) is 1. The second kappa shape index (κ2) is 8.82. The molecule has 1 aromatic carbocycles. The molecule has 5 rings (SSSR count). The fourth-order valence-corrected chi connectivity index (χ4v) is 4.39. The van der Waals surface area contributed by atoms with Gasteiger partial charge < -0.3 is 19.7 Å². The van der Waals surface area contributed by atoms with Gasteiger partial charge in [-0.25, -0.2) is 14.2 Å². The summed E-state index contributed by atoms with van der Waals surface area (Å²) in [4.78, 5) is 25.1. The van der Waals surface area contributed by atoms with E-state index >= 15 is 0 Å². The van der Waals surface area contributed by atoms with Crippen molar-refractivity contribution in [2.45, 2.75) is 25.5 Å². The molecule has 33 heavy (non-hydrogen) atoms. The predicted octanol–water partition coefficient (Wildman–Crippen LogP) is 3.28. The number of halogens is 1. The molecular weight excluding hydrogens is 425 g/mol. The molecule has 2 saturated heterocycles. The molecule has 0 aliphatic carbocycles. The second-order valence-electron chi connectivity index (χ2n) is 8.44. The Hall–Kier alpha value is -3.46. The Morgan fingerprint density at radius 3 is 2.94 bits per heavy atom. The lowest BCUT2D eigenvalue weighted by atomic mass is 10.2. The van der Waals surface area contributed by atoms with E-state index in [2.05, 4.69) is 20.2 Å². The summed E-state index contributed by atoms with van der Waals surface area (Å²) < 4.78 is 24.7. The van der Waals surface area contributed by atoms with Crippen LogP contribution in [0.5, 0.6) is 5.88 Å². The van der Waals surface area contributed by atoms with Gasteiger partial charge in [-0.15, -0.1) is 0 Å². The smallest absolute Gasteiger partial charge is 0.414 e. The van der Waals surface area contributed by atoms with Gasteiger partial charge in [0.25, 0.3) is 0 Å². The highest BCUT2D eigenvalue weighted by Gasteiger charge is 2.33. The number of aromatic nitrogens is 2. The number of fused-ring (bicyclic) bond motifs is 1. The molecule has 0 bridgehead atoms. The van der Waals surface area contributed by atoms with E-state index in [1.165, 1.54) is 11.0 Å². The van der Waals surface area contributed by atoms with Gasteiger partial charge in [0.2, 0.25) is 5.88 Å². The van der Waals surface area contributed by atoms with Crippen molar-refractivity contribution in [3.8, 4) is 5.88 Å². The maximum absolute atomic E-state index is 13.9. The van der Waals surface area contributed by atoms with Crippen molar-refractivity contribution >= 4 is 28.5 Å². The van der Waals surface area contributed by atoms with Crippen molar-refractivity contribution in [3.63, 3.8) is 0 Å². The molecule has 2 aliphatic heterocycles. The Balaban J connectivity index is 1.20. The highest BCUT2D eigenvalue weighted by atomic mass is 19.1. The molecule has 2 unspecified atom stereocenters. The zero-order valence-corrected chi connectivity index (χ0v) is 18.6. The molecule has 1 N–H and O–H groups in total. The van der Waals surface area contributed by atoms with Crippen LogP contribution in [0.4, 0.5) is 20.6 Å². The zero-order valence-electron chi connectivity index (χ0n) is 18.6. The van der Waals surface area contributed by atoms with Gasteiger partial charge in [-0.1, -0.05) is 6.07 Å². The number of carbonyl (C=O) groups is 1. The van der Waals surface area contributed by atoms with Gasteiger partial charge in [0, 0.05) is 37.9 Å². The average Bonchev–Trinajstić information content (AvgIpc) is 3.45. The maximum Gasteiger partial charge on any atom is 0.414 e. The Labute approximate surface area is 191 Å². The molecule has 0 spiro atoms. The summed E-state index contributed by atoms with van der Waals surface area (Å²) >= 11 is 0. The van der Waals surface area contributed by atoms with E-state index in [0.717, 1.165) is 36.2 Å². The van der Waals surface area contributed by atoms with Gasteiger partial charge in [0.1, 0.15) is 17.4 Å². The lowest BCUT2D eigenvalue weighted by Crippen LogP contribution is -2.39. The van der Waals surface area contributed by atoms with Crippen molar-refractivity contribution in [2.24, 2.45) is 0 Å². The summed E-state index contributed by atoms with van der Waals surface area (Å²) in [5.74, 6) is 0.232. The number of nitrogens with one attached hydrogen (secondary N) is 1. The molecule has 9 heteroatoms. The summed E-state index contributed by atoms with van der Waals surface area (Å²) in [6.07, 6.45) is 2.03. The van der Waals surface area contributed by atoms with Gasteiger partial charge in [-0.3, -0.25) is 9.88 Å². The fourth-order valence-electron chi connectivity index (χ4n) is 4.39. The van der Waals surface area contributed by atoms with Gasteiger partial charge in [0.15, 0.2) is 0 Å². The largest absolute Gasteiger partial charge is 0.481 e. The van der Waals surface area contributed by atoms with Crippen LogP contribution < -0.4 is 19.9 Å². The number of aryl methyl sites for hydroxylation is 1. The van der Waals surface area contributed by atoms with Gasteiger partial charge >= 0.3 is 6.09 Å². The second-order valence-corrected chi connectivity index (χ2v) is 8.44. The van der Waals surface area contributed by atoms with Crippen molar-refractivity contribution in [1.29, 1.82) is 0 Å². The number of benzene rings is 1. The Morgan fingerprint density at radius 1 is 1.24 bits per heavy atom. The normalized spacial score (nSPS) is 20.5. The van der Waals surface area contributed by atoms with E-state index < -0.39 is 6.09 Å². The monoisotopic (exact) mass is 451 g/mol. The number of hydrogen-bond donors (Lipinski definition) is 1. The first kappa shape index (κ1) is 21.4. The summed E-state index contributed by atoms with van der Waals surface area (Å²) in [6.45, 7) is 4.32. The molecular formula is C24H26FN5O3. The highest BCUT2D eigenvalue weighted by Crippen LogP contribution is 2.29. The van der Waals surface area contributed by atoms with Gasteiger partial charge in [-0.2, -0.15) is 0 Å². The molecule has 2 atom stereocenters. The number of pyridine rings is 2. The molecule has 4 heterocycles. The van der Waals surface area contributed by atoms with Crippen LogP contribution in [0.3, 0.4) is 0 Å². The van der Waals surface area contributed by atoms with Crippen LogP contribution in [0.15, 0.2) is 42.6 Å². The number of methoxy groups -OCH3 is 1. The molecule has 2 aliphatic rings. The topological polar surface area (TPSA) is 79.8 Å². The third-order valence-electron chi connectivity index (χ3n) is 6.25.